The fraction of sp³-hybridized carbons (Fsp3) is 0.579. The van der Waals surface area contributed by atoms with E-state index in [1.54, 1.807) is 0 Å². The van der Waals surface area contributed by atoms with Gasteiger partial charge in [-0.15, -0.1) is 0 Å². The van der Waals surface area contributed by atoms with E-state index in [1.165, 1.54) is 0 Å². The number of Topliss-reactive ketones (excluding diaryl/α,β-unsaturated/α-hetero) is 2. The summed E-state index contributed by atoms with van der Waals surface area (Å²) < 4.78 is 7.26. The standard InChI is InChI=1S/C19H21BrO3/c20-12-5-1-4-11(10-12)17-18-13(21)6-2-8-15(18)23-16-9-3-7-14(22)19(16)17/h1,4-5,10,15-19H,2-3,6-9H2. The number of ketones is 2. The maximum Gasteiger partial charge on any atom is 0.139 e. The van der Waals surface area contributed by atoms with Crippen LogP contribution in [0, 0.1) is 11.8 Å². The van der Waals surface area contributed by atoms with Gasteiger partial charge in [-0.2, -0.15) is 0 Å². The molecule has 23 heavy (non-hydrogen) atoms. The van der Waals surface area contributed by atoms with Crippen molar-refractivity contribution in [2.75, 3.05) is 0 Å². The van der Waals surface area contributed by atoms with E-state index >= 15 is 0 Å². The Morgan fingerprint density at radius 1 is 0.913 bits per heavy atom. The van der Waals surface area contributed by atoms with Crippen LogP contribution in [0.1, 0.15) is 50.0 Å². The first kappa shape index (κ1) is 15.5. The lowest BCUT2D eigenvalue weighted by Crippen LogP contribution is -2.54. The van der Waals surface area contributed by atoms with Crippen LogP contribution in [0.15, 0.2) is 28.7 Å². The van der Waals surface area contributed by atoms with E-state index in [2.05, 4.69) is 28.1 Å². The average molecular weight is 377 g/mol. The van der Waals surface area contributed by atoms with Gasteiger partial charge in [-0.3, -0.25) is 9.59 Å². The minimum Gasteiger partial charge on any atom is -0.373 e. The SMILES string of the molecule is O=C1CCCC2OC3CCCC(=O)C3C(c3cccc(Br)c3)C12. The van der Waals surface area contributed by atoms with E-state index in [4.69, 9.17) is 4.74 Å². The summed E-state index contributed by atoms with van der Waals surface area (Å²) in [4.78, 5) is 25.4. The molecular weight excluding hydrogens is 356 g/mol. The first-order valence-electron chi connectivity index (χ1n) is 8.61. The molecule has 4 unspecified atom stereocenters. The number of carbonyl (C=O) groups is 2. The number of ether oxygens (including phenoxy) is 1. The summed E-state index contributed by atoms with van der Waals surface area (Å²) >= 11 is 3.53. The molecule has 122 valence electrons. The van der Waals surface area contributed by atoms with Crippen LogP contribution in [0.4, 0.5) is 0 Å². The number of hydrogen-bond acceptors (Lipinski definition) is 3. The van der Waals surface area contributed by atoms with Gasteiger partial charge < -0.3 is 4.74 Å². The molecule has 4 rings (SSSR count). The second kappa shape index (κ2) is 6.14. The molecule has 0 aromatic heterocycles. The highest BCUT2D eigenvalue weighted by molar-refractivity contribution is 9.10. The summed E-state index contributed by atoms with van der Waals surface area (Å²) in [6.45, 7) is 0. The van der Waals surface area contributed by atoms with E-state index < -0.39 is 0 Å². The molecule has 1 aromatic carbocycles. The van der Waals surface area contributed by atoms with Gasteiger partial charge in [-0.25, -0.2) is 0 Å². The minimum atomic E-state index is -0.152. The van der Waals surface area contributed by atoms with Crippen molar-refractivity contribution in [2.24, 2.45) is 11.8 Å². The van der Waals surface area contributed by atoms with Crippen molar-refractivity contribution in [3.63, 3.8) is 0 Å². The molecular formula is C19H21BrO3. The molecule has 3 aliphatic rings. The summed E-state index contributed by atoms with van der Waals surface area (Å²) in [6, 6.07) is 8.13. The van der Waals surface area contributed by atoms with E-state index in [0.29, 0.717) is 12.8 Å². The Morgan fingerprint density at radius 2 is 1.52 bits per heavy atom. The van der Waals surface area contributed by atoms with Gasteiger partial charge in [-0.05, 0) is 43.4 Å². The lowest BCUT2D eigenvalue weighted by molar-refractivity contribution is -0.171. The Bertz CT molecular complexity index is 609. The normalized spacial score (nSPS) is 37.2. The number of rotatable bonds is 1. The van der Waals surface area contributed by atoms with Crippen LogP contribution in [-0.4, -0.2) is 23.8 Å². The molecule has 3 nitrogen and oxygen atoms in total. The zero-order chi connectivity index (χ0) is 16.0. The Labute approximate surface area is 144 Å². The van der Waals surface area contributed by atoms with Crippen LogP contribution in [0.3, 0.4) is 0 Å². The Hall–Kier alpha value is -1.000. The lowest BCUT2D eigenvalue weighted by Gasteiger charge is -2.49. The summed E-state index contributed by atoms with van der Waals surface area (Å²) in [7, 11) is 0. The van der Waals surface area contributed by atoms with Crippen molar-refractivity contribution in [3.8, 4) is 0 Å². The summed E-state index contributed by atoms with van der Waals surface area (Å²) in [5.41, 5.74) is 1.11. The molecule has 1 saturated heterocycles. The molecule has 3 fully saturated rings. The zero-order valence-corrected chi connectivity index (χ0v) is 14.6. The molecule has 0 N–H and O–H groups in total. The van der Waals surface area contributed by atoms with E-state index in [1.807, 2.05) is 12.1 Å². The van der Waals surface area contributed by atoms with Gasteiger partial charge in [0, 0.05) is 23.2 Å². The quantitative estimate of drug-likeness (QED) is 0.742. The molecule has 0 spiro atoms. The lowest BCUT2D eigenvalue weighted by atomic mass is 9.62. The van der Waals surface area contributed by atoms with Crippen LogP contribution in [0.2, 0.25) is 0 Å². The van der Waals surface area contributed by atoms with Crippen LogP contribution in [0.25, 0.3) is 0 Å². The molecule has 0 amide bonds. The number of carbonyl (C=O) groups excluding carboxylic acids is 2. The van der Waals surface area contributed by atoms with Crippen LogP contribution >= 0.6 is 15.9 Å². The average Bonchev–Trinajstić information content (AvgIpc) is 2.53. The van der Waals surface area contributed by atoms with Gasteiger partial charge in [-0.1, -0.05) is 28.1 Å². The van der Waals surface area contributed by atoms with Gasteiger partial charge >= 0.3 is 0 Å². The minimum absolute atomic E-state index is 0.00705. The molecule has 2 aliphatic carbocycles. The maximum atomic E-state index is 12.7. The third kappa shape index (κ3) is 2.70. The Balaban J connectivity index is 1.80. The van der Waals surface area contributed by atoms with Crippen molar-refractivity contribution in [2.45, 2.75) is 56.7 Å². The molecule has 1 aromatic rings. The van der Waals surface area contributed by atoms with E-state index in [9.17, 15) is 9.59 Å². The number of halogens is 1. The highest BCUT2D eigenvalue weighted by Gasteiger charge is 2.53. The van der Waals surface area contributed by atoms with Gasteiger partial charge in [0.2, 0.25) is 0 Å². The number of benzene rings is 1. The number of fused-ring (bicyclic) bond motifs is 2. The first-order chi connectivity index (χ1) is 11.1. The van der Waals surface area contributed by atoms with Gasteiger partial charge in [0.25, 0.3) is 0 Å². The van der Waals surface area contributed by atoms with Crippen LogP contribution in [0.5, 0.6) is 0 Å². The van der Waals surface area contributed by atoms with Gasteiger partial charge in [0.1, 0.15) is 11.6 Å². The molecule has 0 radical (unpaired) electrons. The van der Waals surface area contributed by atoms with Crippen molar-refractivity contribution in [1.82, 2.24) is 0 Å². The van der Waals surface area contributed by atoms with Gasteiger partial charge in [0.15, 0.2) is 0 Å². The zero-order valence-electron chi connectivity index (χ0n) is 13.0. The summed E-state index contributed by atoms with van der Waals surface area (Å²) in [6.07, 6.45) is 4.95. The van der Waals surface area contributed by atoms with Crippen molar-refractivity contribution < 1.29 is 14.3 Å². The monoisotopic (exact) mass is 376 g/mol. The van der Waals surface area contributed by atoms with Gasteiger partial charge in [0.05, 0.1) is 24.0 Å². The molecule has 1 aliphatic heterocycles. The Kier molecular flexibility index (Phi) is 4.14. The van der Waals surface area contributed by atoms with Crippen LogP contribution < -0.4 is 0 Å². The molecule has 4 atom stereocenters. The molecule has 1 heterocycles. The van der Waals surface area contributed by atoms with Crippen molar-refractivity contribution in [1.29, 1.82) is 0 Å². The second-order valence-corrected chi connectivity index (χ2v) is 7.98. The fourth-order valence-corrected chi connectivity index (χ4v) is 5.22. The van der Waals surface area contributed by atoms with E-state index in [0.717, 1.165) is 35.7 Å². The first-order valence-corrected chi connectivity index (χ1v) is 9.41. The topological polar surface area (TPSA) is 43.4 Å². The molecule has 2 saturated carbocycles. The van der Waals surface area contributed by atoms with Crippen LogP contribution in [-0.2, 0) is 14.3 Å². The predicted octanol–water partition coefficient (Wildman–Crippen LogP) is 4.04. The number of hydrogen-bond donors (Lipinski definition) is 0. The third-order valence-electron chi connectivity index (χ3n) is 5.73. The highest BCUT2D eigenvalue weighted by atomic mass is 79.9. The van der Waals surface area contributed by atoms with Crippen molar-refractivity contribution >= 4 is 27.5 Å². The smallest absolute Gasteiger partial charge is 0.139 e. The van der Waals surface area contributed by atoms with Crippen molar-refractivity contribution in [3.05, 3.63) is 34.3 Å². The fourth-order valence-electron chi connectivity index (χ4n) is 4.81. The Morgan fingerprint density at radius 3 is 2.09 bits per heavy atom. The third-order valence-corrected chi connectivity index (χ3v) is 6.22. The van der Waals surface area contributed by atoms with E-state index in [-0.39, 0.29) is 41.5 Å². The predicted molar refractivity (Wildman–Crippen MR) is 90.2 cm³/mol. The highest BCUT2D eigenvalue weighted by Crippen LogP contribution is 2.49. The summed E-state index contributed by atoms with van der Waals surface area (Å²) in [5.74, 6) is 0.241. The molecule has 4 heteroatoms. The largest absolute Gasteiger partial charge is 0.373 e. The summed E-state index contributed by atoms with van der Waals surface area (Å²) in [5, 5.41) is 0. The maximum absolute atomic E-state index is 12.7. The second-order valence-electron chi connectivity index (χ2n) is 7.06. The molecule has 0 bridgehead atoms.